The van der Waals surface area contributed by atoms with Gasteiger partial charge in [-0.1, -0.05) is 0 Å². The lowest BCUT2D eigenvalue weighted by atomic mass is 10.1. The van der Waals surface area contributed by atoms with Crippen molar-refractivity contribution < 1.29 is 22.8 Å². The number of aromatic nitrogens is 1. The molecule has 2 fully saturated rings. The highest BCUT2D eigenvalue weighted by Crippen LogP contribution is 2.31. The summed E-state index contributed by atoms with van der Waals surface area (Å²) < 4.78 is 37.8. The average molecular weight is 434 g/mol. The van der Waals surface area contributed by atoms with Crippen molar-refractivity contribution in [3.8, 4) is 0 Å². The molecule has 3 amide bonds. The Morgan fingerprint density at radius 2 is 1.86 bits per heavy atom. The molecule has 8 nitrogen and oxygen atoms in total. The van der Waals surface area contributed by atoms with E-state index in [1.807, 2.05) is 0 Å². The summed E-state index contributed by atoms with van der Waals surface area (Å²) in [7, 11) is 0. The number of amides is 3. The van der Waals surface area contributed by atoms with Crippen molar-refractivity contribution in [2.45, 2.75) is 32.1 Å². The monoisotopic (exact) mass is 434 g/mol. The van der Waals surface area contributed by atoms with Gasteiger partial charge in [-0.3, -0.25) is 15.0 Å². The highest BCUT2D eigenvalue weighted by Gasteiger charge is 2.35. The first-order valence-electron chi connectivity index (χ1n) is 9.50. The van der Waals surface area contributed by atoms with Gasteiger partial charge in [0.2, 0.25) is 5.91 Å². The molecule has 162 valence electrons. The van der Waals surface area contributed by atoms with Gasteiger partial charge in [0.15, 0.2) is 10.8 Å². The molecule has 2 aliphatic heterocycles. The highest BCUT2D eigenvalue weighted by atomic mass is 32.1. The van der Waals surface area contributed by atoms with E-state index in [2.05, 4.69) is 34.4 Å². The summed E-state index contributed by atoms with van der Waals surface area (Å²) >= 11 is 0.728. The topological polar surface area (TPSA) is 80.8 Å². The molecule has 1 atom stereocenters. The van der Waals surface area contributed by atoms with Gasteiger partial charge >= 0.3 is 12.2 Å². The van der Waals surface area contributed by atoms with Crippen LogP contribution in [0.1, 0.15) is 19.5 Å². The lowest BCUT2D eigenvalue weighted by Gasteiger charge is -2.40. The van der Waals surface area contributed by atoms with Crippen LogP contribution in [0.4, 0.5) is 23.1 Å². The van der Waals surface area contributed by atoms with E-state index in [4.69, 9.17) is 0 Å². The predicted octanol–water partition coefficient (Wildman–Crippen LogP) is 1.52. The van der Waals surface area contributed by atoms with Crippen LogP contribution in [0.5, 0.6) is 0 Å². The Balaban J connectivity index is 1.49. The Kier molecular flexibility index (Phi) is 6.64. The molecular weight excluding hydrogens is 409 g/mol. The minimum atomic E-state index is -4.54. The fraction of sp³-hybridized carbons (Fsp3) is 0.706. The van der Waals surface area contributed by atoms with Crippen molar-refractivity contribution in [3.63, 3.8) is 0 Å². The normalized spacial score (nSPS) is 21.5. The van der Waals surface area contributed by atoms with E-state index in [0.717, 1.165) is 29.8 Å². The summed E-state index contributed by atoms with van der Waals surface area (Å²) in [4.78, 5) is 34.0. The van der Waals surface area contributed by atoms with E-state index in [9.17, 15) is 22.8 Å². The summed E-state index contributed by atoms with van der Waals surface area (Å²) in [5, 5.41) is 6.43. The second kappa shape index (κ2) is 8.84. The molecule has 1 unspecified atom stereocenters. The number of halogens is 3. The molecule has 12 heteroatoms. The van der Waals surface area contributed by atoms with Gasteiger partial charge < -0.3 is 15.1 Å². The van der Waals surface area contributed by atoms with Crippen LogP contribution >= 0.6 is 11.3 Å². The van der Waals surface area contributed by atoms with Gasteiger partial charge in [-0.2, -0.15) is 13.2 Å². The van der Waals surface area contributed by atoms with Crippen molar-refractivity contribution in [3.05, 3.63) is 11.1 Å². The Morgan fingerprint density at radius 1 is 1.21 bits per heavy atom. The summed E-state index contributed by atoms with van der Waals surface area (Å²) in [5.41, 5.74) is -1.02. The number of nitrogens with zero attached hydrogens (tertiary/aromatic N) is 4. The molecule has 2 aliphatic rings. The first kappa shape index (κ1) is 21.8. The summed E-state index contributed by atoms with van der Waals surface area (Å²) in [5.74, 6) is 0.0187. The molecule has 3 heterocycles. The van der Waals surface area contributed by atoms with E-state index in [-0.39, 0.29) is 17.1 Å². The summed E-state index contributed by atoms with van der Waals surface area (Å²) in [6.45, 7) is 7.92. The summed E-state index contributed by atoms with van der Waals surface area (Å²) in [6.07, 6.45) is -4.54. The Hall–Kier alpha value is -1.92. The number of hydrogen-bond donors (Lipinski definition) is 2. The third-order valence-electron chi connectivity index (χ3n) is 5.12. The number of carbonyl (C=O) groups is 2. The van der Waals surface area contributed by atoms with E-state index < -0.39 is 17.9 Å². The molecule has 1 aromatic rings. The first-order chi connectivity index (χ1) is 13.6. The molecule has 0 saturated carbocycles. The third kappa shape index (κ3) is 5.37. The van der Waals surface area contributed by atoms with Crippen molar-refractivity contribution in [1.29, 1.82) is 0 Å². The second-order valence-electron chi connectivity index (χ2n) is 7.37. The zero-order valence-corrected chi connectivity index (χ0v) is 17.1. The van der Waals surface area contributed by atoms with E-state index >= 15 is 0 Å². The molecule has 2 N–H and O–H groups in total. The zero-order valence-electron chi connectivity index (χ0n) is 16.3. The van der Waals surface area contributed by atoms with Crippen LogP contribution in [-0.2, 0) is 11.0 Å². The molecule has 1 aromatic heterocycles. The van der Waals surface area contributed by atoms with Gasteiger partial charge in [0.05, 0.1) is 6.04 Å². The molecule has 3 rings (SSSR count). The number of alkyl halides is 3. The van der Waals surface area contributed by atoms with Crippen LogP contribution in [0, 0.1) is 0 Å². The van der Waals surface area contributed by atoms with E-state index in [1.54, 1.807) is 4.90 Å². The fourth-order valence-corrected chi connectivity index (χ4v) is 4.10. The van der Waals surface area contributed by atoms with E-state index in [0.29, 0.717) is 38.8 Å². The molecule has 0 aliphatic carbocycles. The van der Waals surface area contributed by atoms with Crippen molar-refractivity contribution in [2.75, 3.05) is 51.1 Å². The molecule has 29 heavy (non-hydrogen) atoms. The number of carbonyl (C=O) groups excluding carboxylic acids is 2. The number of piperazine rings is 2. The minimum Gasteiger partial charge on any atom is -0.338 e. The van der Waals surface area contributed by atoms with Gasteiger partial charge in [-0.25, -0.2) is 9.78 Å². The van der Waals surface area contributed by atoms with Crippen molar-refractivity contribution in [2.24, 2.45) is 0 Å². The molecular formula is C17H25F3N6O2S. The quantitative estimate of drug-likeness (QED) is 0.754. The average Bonchev–Trinajstić information content (AvgIpc) is 3.16. The smallest absolute Gasteiger partial charge is 0.338 e. The second-order valence-corrected chi connectivity index (χ2v) is 8.23. The zero-order chi connectivity index (χ0) is 21.2. The largest absolute Gasteiger partial charge is 0.434 e. The minimum absolute atomic E-state index is 0.0187. The van der Waals surface area contributed by atoms with E-state index in [1.165, 1.54) is 4.90 Å². The van der Waals surface area contributed by atoms with Crippen LogP contribution in [0.3, 0.4) is 0 Å². The van der Waals surface area contributed by atoms with Gasteiger partial charge in [0.1, 0.15) is 0 Å². The van der Waals surface area contributed by atoms with Crippen LogP contribution in [0.15, 0.2) is 5.38 Å². The standard InChI is InChI=1S/C17H25F3N6O2S/c1-11(2)26-4-3-21-12(9-26)14(27)24-5-7-25(8-6-24)16(28)23-15-22-13(10-29-15)17(18,19)20/h10-12,21H,3-9H2,1-2H3,(H,22,23,28). The van der Waals surface area contributed by atoms with Crippen molar-refractivity contribution >= 4 is 28.4 Å². The molecule has 0 spiro atoms. The number of anilines is 1. The Labute approximate surface area is 171 Å². The Morgan fingerprint density at radius 3 is 2.45 bits per heavy atom. The van der Waals surface area contributed by atoms with Gasteiger partial charge in [0.25, 0.3) is 0 Å². The third-order valence-corrected chi connectivity index (χ3v) is 5.88. The lowest BCUT2D eigenvalue weighted by Crippen LogP contribution is -2.61. The summed E-state index contributed by atoms with van der Waals surface area (Å²) in [6, 6.07) is -0.402. The Bertz CT molecular complexity index is 733. The SMILES string of the molecule is CC(C)N1CCNC(C(=O)N2CCN(C(=O)Nc3nc(C(F)(F)F)cs3)CC2)C1. The van der Waals surface area contributed by atoms with Crippen LogP contribution in [0.25, 0.3) is 0 Å². The van der Waals surface area contributed by atoms with Gasteiger partial charge in [-0.15, -0.1) is 11.3 Å². The number of urea groups is 1. The maximum absolute atomic E-state index is 12.8. The number of hydrogen-bond acceptors (Lipinski definition) is 6. The molecule has 0 aromatic carbocycles. The van der Waals surface area contributed by atoms with Crippen LogP contribution < -0.4 is 10.6 Å². The molecule has 2 saturated heterocycles. The fourth-order valence-electron chi connectivity index (χ4n) is 3.39. The van der Waals surface area contributed by atoms with Crippen LogP contribution in [-0.4, -0.2) is 89.5 Å². The first-order valence-corrected chi connectivity index (χ1v) is 10.4. The number of thiazole rings is 1. The van der Waals surface area contributed by atoms with Crippen molar-refractivity contribution in [1.82, 2.24) is 25.0 Å². The number of rotatable bonds is 3. The molecule has 0 bridgehead atoms. The molecule has 0 radical (unpaired) electrons. The predicted molar refractivity (Wildman–Crippen MR) is 103 cm³/mol. The number of nitrogens with one attached hydrogen (secondary N) is 2. The van der Waals surface area contributed by atoms with Gasteiger partial charge in [0, 0.05) is 57.2 Å². The maximum atomic E-state index is 12.8. The van der Waals surface area contributed by atoms with Gasteiger partial charge in [-0.05, 0) is 13.8 Å². The lowest BCUT2D eigenvalue weighted by molar-refractivity contribution is -0.140. The highest BCUT2D eigenvalue weighted by molar-refractivity contribution is 7.13. The maximum Gasteiger partial charge on any atom is 0.434 e. The van der Waals surface area contributed by atoms with Crippen LogP contribution in [0.2, 0.25) is 0 Å².